The summed E-state index contributed by atoms with van der Waals surface area (Å²) >= 11 is 0. The van der Waals surface area contributed by atoms with E-state index >= 15 is 0 Å². The highest BCUT2D eigenvalue weighted by Gasteiger charge is 2.22. The molecule has 4 heteroatoms. The highest BCUT2D eigenvalue weighted by molar-refractivity contribution is 5.90. The first-order chi connectivity index (χ1) is 9.58. The molecule has 0 aromatic heterocycles. The zero-order valence-corrected chi connectivity index (χ0v) is 12.6. The highest BCUT2D eigenvalue weighted by Crippen LogP contribution is 2.20. The van der Waals surface area contributed by atoms with Crippen LogP contribution < -0.4 is 10.1 Å². The number of para-hydroxylation sites is 1. The average molecular weight is 279 g/mol. The van der Waals surface area contributed by atoms with Crippen molar-refractivity contribution >= 4 is 5.97 Å². The summed E-state index contributed by atoms with van der Waals surface area (Å²) in [7, 11) is 0. The molecule has 0 fully saturated rings. The van der Waals surface area contributed by atoms with Crippen molar-refractivity contribution < 1.29 is 14.6 Å². The molecule has 0 spiro atoms. The topological polar surface area (TPSA) is 58.6 Å². The molecule has 0 aliphatic rings. The molecule has 0 saturated carbocycles. The van der Waals surface area contributed by atoms with Crippen molar-refractivity contribution in [3.05, 3.63) is 29.8 Å². The minimum Gasteiger partial charge on any atom is -0.491 e. The number of ether oxygens (including phenoxy) is 1. The van der Waals surface area contributed by atoms with Crippen molar-refractivity contribution in [2.75, 3.05) is 13.2 Å². The van der Waals surface area contributed by atoms with Gasteiger partial charge in [0.15, 0.2) is 0 Å². The quantitative estimate of drug-likeness (QED) is 0.681. The second kappa shape index (κ2) is 7.90. The van der Waals surface area contributed by atoms with Crippen molar-refractivity contribution in [1.82, 2.24) is 5.32 Å². The predicted octanol–water partition coefficient (Wildman–Crippen LogP) is 3.32. The Kier molecular flexibility index (Phi) is 6.52. The maximum absolute atomic E-state index is 11.1. The summed E-state index contributed by atoms with van der Waals surface area (Å²) in [6.07, 6.45) is 3.23. The molecule has 0 radical (unpaired) electrons. The minimum absolute atomic E-state index is 0.162. The molecule has 0 aliphatic carbocycles. The van der Waals surface area contributed by atoms with Crippen molar-refractivity contribution in [2.24, 2.45) is 0 Å². The molecule has 1 aromatic carbocycles. The summed E-state index contributed by atoms with van der Waals surface area (Å²) < 4.78 is 5.58. The van der Waals surface area contributed by atoms with Gasteiger partial charge in [-0.1, -0.05) is 32.9 Å². The van der Waals surface area contributed by atoms with E-state index in [9.17, 15) is 4.79 Å². The lowest BCUT2D eigenvalue weighted by Crippen LogP contribution is -2.45. The van der Waals surface area contributed by atoms with E-state index in [1.165, 1.54) is 0 Å². The first-order valence-corrected chi connectivity index (χ1v) is 7.28. The maximum Gasteiger partial charge on any atom is 0.339 e. The Morgan fingerprint density at radius 2 is 1.80 bits per heavy atom. The number of carbonyl (C=O) groups is 1. The summed E-state index contributed by atoms with van der Waals surface area (Å²) in [5, 5.41) is 12.6. The molecule has 0 bridgehead atoms. The Balaban J connectivity index is 2.51. The molecule has 0 unspecified atom stereocenters. The first-order valence-electron chi connectivity index (χ1n) is 7.28. The van der Waals surface area contributed by atoms with E-state index in [0.717, 1.165) is 19.3 Å². The van der Waals surface area contributed by atoms with Crippen molar-refractivity contribution in [1.29, 1.82) is 0 Å². The van der Waals surface area contributed by atoms with E-state index in [0.29, 0.717) is 18.9 Å². The van der Waals surface area contributed by atoms with Gasteiger partial charge >= 0.3 is 5.97 Å². The third-order valence-corrected chi connectivity index (χ3v) is 4.01. The standard InChI is InChI=1S/C16H25NO3/c1-4-16(5-2,6-3)17-11-12-20-14-10-8-7-9-13(14)15(18)19/h7-10,17H,4-6,11-12H2,1-3H3,(H,18,19). The fourth-order valence-corrected chi connectivity index (χ4v) is 2.37. The van der Waals surface area contributed by atoms with E-state index in [1.807, 2.05) is 0 Å². The van der Waals surface area contributed by atoms with Gasteiger partial charge in [0.25, 0.3) is 0 Å². The molecule has 4 nitrogen and oxygen atoms in total. The van der Waals surface area contributed by atoms with E-state index in [1.54, 1.807) is 24.3 Å². The van der Waals surface area contributed by atoms with Gasteiger partial charge in [-0.2, -0.15) is 0 Å². The molecule has 112 valence electrons. The second-order valence-corrected chi connectivity index (χ2v) is 4.92. The number of carboxylic acid groups (broad SMARTS) is 1. The third kappa shape index (κ3) is 4.23. The van der Waals surface area contributed by atoms with Crippen LogP contribution in [0.3, 0.4) is 0 Å². The van der Waals surface area contributed by atoms with Gasteiger partial charge in [-0.05, 0) is 31.4 Å². The molecule has 1 aromatic rings. The number of nitrogens with one attached hydrogen (secondary N) is 1. The Labute approximate surface area is 121 Å². The van der Waals surface area contributed by atoms with Gasteiger partial charge in [-0.25, -0.2) is 4.79 Å². The number of rotatable bonds is 9. The predicted molar refractivity (Wildman–Crippen MR) is 80.5 cm³/mol. The number of carboxylic acids is 1. The van der Waals surface area contributed by atoms with Gasteiger partial charge < -0.3 is 15.2 Å². The molecule has 0 amide bonds. The van der Waals surface area contributed by atoms with Crippen LogP contribution in [0.5, 0.6) is 5.75 Å². The molecule has 20 heavy (non-hydrogen) atoms. The molecule has 0 aliphatic heterocycles. The molecule has 1 rings (SSSR count). The zero-order valence-electron chi connectivity index (χ0n) is 12.6. The number of hydrogen-bond acceptors (Lipinski definition) is 3. The second-order valence-electron chi connectivity index (χ2n) is 4.92. The van der Waals surface area contributed by atoms with Gasteiger partial charge in [0.2, 0.25) is 0 Å². The largest absolute Gasteiger partial charge is 0.491 e. The van der Waals surface area contributed by atoms with Gasteiger partial charge in [0, 0.05) is 12.1 Å². The van der Waals surface area contributed by atoms with Crippen molar-refractivity contribution in [3.63, 3.8) is 0 Å². The molecular weight excluding hydrogens is 254 g/mol. The summed E-state index contributed by atoms with van der Waals surface area (Å²) in [6.45, 7) is 7.72. The molecule has 0 saturated heterocycles. The van der Waals surface area contributed by atoms with Crippen LogP contribution in [-0.2, 0) is 0 Å². The lowest BCUT2D eigenvalue weighted by atomic mass is 9.90. The SMILES string of the molecule is CCC(CC)(CC)NCCOc1ccccc1C(=O)O. The Morgan fingerprint density at radius 3 is 2.35 bits per heavy atom. The van der Waals surface area contributed by atoms with Crippen LogP contribution in [0.25, 0.3) is 0 Å². The fourth-order valence-electron chi connectivity index (χ4n) is 2.37. The highest BCUT2D eigenvalue weighted by atomic mass is 16.5. The third-order valence-electron chi connectivity index (χ3n) is 4.01. The lowest BCUT2D eigenvalue weighted by molar-refractivity contribution is 0.0692. The Hall–Kier alpha value is -1.55. The van der Waals surface area contributed by atoms with Crippen LogP contribution in [-0.4, -0.2) is 29.8 Å². The Bertz CT molecular complexity index is 419. The van der Waals surface area contributed by atoms with E-state index in [4.69, 9.17) is 9.84 Å². The van der Waals surface area contributed by atoms with Gasteiger partial charge in [0.1, 0.15) is 17.9 Å². The normalized spacial score (nSPS) is 11.3. The summed E-state index contributed by atoms with van der Waals surface area (Å²) in [6, 6.07) is 6.73. The van der Waals surface area contributed by atoms with Crippen LogP contribution >= 0.6 is 0 Å². The summed E-state index contributed by atoms with van der Waals surface area (Å²) in [4.78, 5) is 11.1. The van der Waals surface area contributed by atoms with Crippen molar-refractivity contribution in [3.8, 4) is 5.75 Å². The van der Waals surface area contributed by atoms with Crippen LogP contribution in [0, 0.1) is 0 Å². The molecule has 2 N–H and O–H groups in total. The minimum atomic E-state index is -0.960. The molecule has 0 heterocycles. The van der Waals surface area contributed by atoms with Crippen LogP contribution in [0.2, 0.25) is 0 Å². The maximum atomic E-state index is 11.1. The zero-order chi connectivity index (χ0) is 15.0. The summed E-state index contributed by atoms with van der Waals surface area (Å²) in [5.41, 5.74) is 0.371. The smallest absolute Gasteiger partial charge is 0.339 e. The summed E-state index contributed by atoms with van der Waals surface area (Å²) in [5.74, 6) is -0.532. The van der Waals surface area contributed by atoms with Crippen LogP contribution in [0.15, 0.2) is 24.3 Å². The number of hydrogen-bond donors (Lipinski definition) is 2. The van der Waals surface area contributed by atoms with Crippen LogP contribution in [0.1, 0.15) is 50.4 Å². The van der Waals surface area contributed by atoms with Gasteiger partial charge in [0.05, 0.1) is 0 Å². The van der Waals surface area contributed by atoms with Gasteiger partial charge in [-0.15, -0.1) is 0 Å². The number of aromatic carboxylic acids is 1. The average Bonchev–Trinajstić information content (AvgIpc) is 2.48. The van der Waals surface area contributed by atoms with Crippen molar-refractivity contribution in [2.45, 2.75) is 45.6 Å². The lowest BCUT2D eigenvalue weighted by Gasteiger charge is -2.32. The fraction of sp³-hybridized carbons (Fsp3) is 0.562. The number of benzene rings is 1. The molecule has 0 atom stereocenters. The monoisotopic (exact) mass is 279 g/mol. The molecular formula is C16H25NO3. The van der Waals surface area contributed by atoms with E-state index in [-0.39, 0.29) is 11.1 Å². The van der Waals surface area contributed by atoms with E-state index < -0.39 is 5.97 Å². The Morgan fingerprint density at radius 1 is 1.20 bits per heavy atom. The van der Waals surface area contributed by atoms with E-state index in [2.05, 4.69) is 26.1 Å². The first kappa shape index (κ1) is 16.5. The van der Waals surface area contributed by atoms with Gasteiger partial charge in [-0.3, -0.25) is 0 Å². The van der Waals surface area contributed by atoms with Crippen LogP contribution in [0.4, 0.5) is 0 Å².